The van der Waals surface area contributed by atoms with Crippen molar-refractivity contribution in [1.82, 2.24) is 20.0 Å². The van der Waals surface area contributed by atoms with Crippen molar-refractivity contribution >= 4 is 5.84 Å². The number of methoxy groups -OCH3 is 1. The predicted octanol–water partition coefficient (Wildman–Crippen LogP) is 2.61. The molecular weight excluding hydrogens is 318 g/mol. The fourth-order valence-corrected chi connectivity index (χ4v) is 3.09. The van der Waals surface area contributed by atoms with E-state index in [0.29, 0.717) is 0 Å². The maximum Gasteiger partial charge on any atom is 0.198 e. The van der Waals surface area contributed by atoms with Gasteiger partial charge in [0.15, 0.2) is 6.17 Å². The van der Waals surface area contributed by atoms with Gasteiger partial charge < -0.3 is 13.7 Å². The summed E-state index contributed by atoms with van der Waals surface area (Å²) in [5.74, 6) is 2.79. The van der Waals surface area contributed by atoms with Gasteiger partial charge in [-0.25, -0.2) is 9.98 Å². The molecule has 1 N–H and O–H groups in total. The zero-order chi connectivity index (χ0) is 17.4. The Morgan fingerprint density at radius 1 is 1.32 bits per heavy atom. The minimum atomic E-state index is -0.118. The van der Waals surface area contributed by atoms with Gasteiger partial charge in [0.2, 0.25) is 0 Å². The first-order valence-electron chi connectivity index (χ1n) is 8.25. The number of nitrogens with one attached hydrogen (secondary N) is 1. The van der Waals surface area contributed by atoms with E-state index in [1.807, 2.05) is 36.5 Å². The zero-order valence-electron chi connectivity index (χ0n) is 14.6. The van der Waals surface area contributed by atoms with Crippen molar-refractivity contribution in [1.29, 1.82) is 0 Å². The van der Waals surface area contributed by atoms with Gasteiger partial charge in [0, 0.05) is 37.3 Å². The molecule has 0 fully saturated rings. The summed E-state index contributed by atoms with van der Waals surface area (Å²) in [4.78, 5) is 9.47. The molecule has 25 heavy (non-hydrogen) atoms. The van der Waals surface area contributed by atoms with E-state index in [9.17, 15) is 0 Å². The maximum atomic E-state index is 5.43. The van der Waals surface area contributed by atoms with Crippen LogP contribution in [0.15, 0.2) is 57.8 Å². The summed E-state index contributed by atoms with van der Waals surface area (Å²) < 4.78 is 12.6. The number of amidine groups is 1. The van der Waals surface area contributed by atoms with Crippen LogP contribution < -0.4 is 5.43 Å². The standard InChI is InChI=1S/C18H21N5O2/c1-12-4-5-15(24-3)18-20-16(21-23(12)18)6-7-17-19-14(10-22(17)2)13-8-9-25-11-13/h4-5,8-11,18H,6-7H2,1-3H3,(H,20,21). The molecule has 0 saturated heterocycles. The topological polar surface area (TPSA) is 67.8 Å². The van der Waals surface area contributed by atoms with Crippen LogP contribution >= 0.6 is 0 Å². The Kier molecular flexibility index (Phi) is 3.83. The molecule has 0 aromatic carbocycles. The first kappa shape index (κ1) is 15.6. The average molecular weight is 339 g/mol. The summed E-state index contributed by atoms with van der Waals surface area (Å²) >= 11 is 0. The van der Waals surface area contributed by atoms with E-state index in [1.165, 1.54) is 0 Å². The van der Waals surface area contributed by atoms with Gasteiger partial charge in [-0.05, 0) is 25.1 Å². The Morgan fingerprint density at radius 2 is 2.20 bits per heavy atom. The van der Waals surface area contributed by atoms with Crippen molar-refractivity contribution in [3.8, 4) is 11.3 Å². The quantitative estimate of drug-likeness (QED) is 0.907. The number of hydrogen-bond acceptors (Lipinski definition) is 6. The van der Waals surface area contributed by atoms with E-state index in [4.69, 9.17) is 19.1 Å². The fraction of sp³-hybridized carbons (Fsp3) is 0.333. The van der Waals surface area contributed by atoms with Gasteiger partial charge in [-0.2, -0.15) is 0 Å². The first-order valence-corrected chi connectivity index (χ1v) is 8.25. The third kappa shape index (κ3) is 2.82. The second kappa shape index (κ2) is 6.16. The van der Waals surface area contributed by atoms with Crippen LogP contribution in [0.1, 0.15) is 19.2 Å². The monoisotopic (exact) mass is 339 g/mol. The van der Waals surface area contributed by atoms with Gasteiger partial charge in [0.1, 0.15) is 17.4 Å². The lowest BCUT2D eigenvalue weighted by Gasteiger charge is -2.29. The van der Waals surface area contributed by atoms with Crippen LogP contribution in [0.2, 0.25) is 0 Å². The highest BCUT2D eigenvalue weighted by atomic mass is 16.5. The van der Waals surface area contributed by atoms with Crippen molar-refractivity contribution in [3.05, 3.63) is 54.2 Å². The summed E-state index contributed by atoms with van der Waals surface area (Å²) in [5, 5.41) is 2.03. The lowest BCUT2D eigenvalue weighted by molar-refractivity contribution is 0.175. The Labute approximate surface area is 146 Å². The van der Waals surface area contributed by atoms with Crippen molar-refractivity contribution in [3.63, 3.8) is 0 Å². The number of aryl methyl sites for hydroxylation is 2. The first-order chi connectivity index (χ1) is 12.2. The van der Waals surface area contributed by atoms with E-state index in [1.54, 1.807) is 19.6 Å². The fourth-order valence-electron chi connectivity index (χ4n) is 3.09. The molecule has 1 atom stereocenters. The van der Waals surface area contributed by atoms with Crippen LogP contribution in [-0.2, 0) is 18.2 Å². The molecule has 0 aliphatic carbocycles. The third-order valence-corrected chi connectivity index (χ3v) is 4.51. The van der Waals surface area contributed by atoms with Crippen LogP contribution in [0.25, 0.3) is 11.3 Å². The molecule has 0 saturated carbocycles. The number of fused-ring (bicyclic) bond motifs is 1. The Bertz CT molecular complexity index is 860. The number of furan rings is 1. The van der Waals surface area contributed by atoms with Gasteiger partial charge >= 0.3 is 0 Å². The van der Waals surface area contributed by atoms with E-state index in [2.05, 4.69) is 16.9 Å². The van der Waals surface area contributed by atoms with Crippen molar-refractivity contribution < 1.29 is 9.15 Å². The summed E-state index contributed by atoms with van der Waals surface area (Å²) in [6, 6.07) is 1.92. The second-order valence-electron chi connectivity index (χ2n) is 6.18. The van der Waals surface area contributed by atoms with Crippen LogP contribution in [0.4, 0.5) is 0 Å². The molecule has 7 heteroatoms. The molecule has 0 radical (unpaired) electrons. The molecular formula is C18H21N5O2. The number of hydrogen-bond donors (Lipinski definition) is 1. The zero-order valence-corrected chi connectivity index (χ0v) is 14.6. The molecule has 0 spiro atoms. The number of nitrogens with zero attached hydrogens (tertiary/aromatic N) is 4. The highest BCUT2D eigenvalue weighted by molar-refractivity contribution is 5.84. The predicted molar refractivity (Wildman–Crippen MR) is 94.3 cm³/mol. The maximum absolute atomic E-state index is 5.43. The summed E-state index contributed by atoms with van der Waals surface area (Å²) in [5.41, 5.74) is 6.40. The highest BCUT2D eigenvalue weighted by Crippen LogP contribution is 2.26. The van der Waals surface area contributed by atoms with E-state index < -0.39 is 0 Å². The number of aromatic nitrogens is 2. The molecule has 7 nitrogen and oxygen atoms in total. The van der Waals surface area contributed by atoms with Gasteiger partial charge in [0.05, 0.1) is 25.3 Å². The Hall–Kier alpha value is -2.96. The normalized spacial score (nSPS) is 19.1. The van der Waals surface area contributed by atoms with E-state index in [-0.39, 0.29) is 6.17 Å². The number of allylic oxidation sites excluding steroid dienone is 3. The molecule has 130 valence electrons. The summed E-state index contributed by atoms with van der Waals surface area (Å²) in [6.45, 7) is 2.05. The van der Waals surface area contributed by atoms with Crippen LogP contribution in [0, 0.1) is 0 Å². The minimum Gasteiger partial charge on any atom is -0.497 e. The Balaban J connectivity index is 1.46. The smallest absolute Gasteiger partial charge is 0.198 e. The van der Waals surface area contributed by atoms with Gasteiger partial charge in [0.25, 0.3) is 0 Å². The SMILES string of the molecule is COC1=CC=C(C)N2NC(CCc3nc(-c4ccoc4)cn3C)=NC12. The molecule has 2 aliphatic heterocycles. The minimum absolute atomic E-state index is 0.118. The molecule has 2 aromatic rings. The lowest BCUT2D eigenvalue weighted by atomic mass is 10.2. The highest BCUT2D eigenvalue weighted by Gasteiger charge is 2.32. The van der Waals surface area contributed by atoms with E-state index >= 15 is 0 Å². The molecule has 0 bridgehead atoms. The molecule has 0 amide bonds. The van der Waals surface area contributed by atoms with E-state index in [0.717, 1.165) is 47.2 Å². The number of aliphatic imine (C=N–C) groups is 1. The average Bonchev–Trinajstić information content (AvgIpc) is 3.33. The number of ether oxygens (including phenoxy) is 1. The van der Waals surface area contributed by atoms with Crippen molar-refractivity contribution in [2.75, 3.05) is 7.11 Å². The Morgan fingerprint density at radius 3 is 2.96 bits per heavy atom. The van der Waals surface area contributed by atoms with Crippen LogP contribution in [-0.4, -0.2) is 33.7 Å². The lowest BCUT2D eigenvalue weighted by Crippen LogP contribution is -2.41. The van der Waals surface area contributed by atoms with Crippen LogP contribution in [0.3, 0.4) is 0 Å². The molecule has 2 aliphatic rings. The summed E-state index contributed by atoms with van der Waals surface area (Å²) in [6.07, 6.45) is 10.9. The molecule has 4 heterocycles. The molecule has 4 rings (SSSR count). The van der Waals surface area contributed by atoms with Gasteiger partial charge in [-0.1, -0.05) is 0 Å². The molecule has 2 aromatic heterocycles. The van der Waals surface area contributed by atoms with Crippen LogP contribution in [0.5, 0.6) is 0 Å². The third-order valence-electron chi connectivity index (χ3n) is 4.51. The van der Waals surface area contributed by atoms with Crippen molar-refractivity contribution in [2.45, 2.75) is 25.9 Å². The largest absolute Gasteiger partial charge is 0.497 e. The van der Waals surface area contributed by atoms with Gasteiger partial charge in [-0.15, -0.1) is 0 Å². The number of rotatable bonds is 5. The molecule has 1 unspecified atom stereocenters. The van der Waals surface area contributed by atoms with Gasteiger partial charge in [-0.3, -0.25) is 10.4 Å². The number of hydrazine groups is 1. The van der Waals surface area contributed by atoms with Crippen molar-refractivity contribution in [2.24, 2.45) is 12.0 Å². The second-order valence-corrected chi connectivity index (χ2v) is 6.18. The number of imidazole rings is 1. The summed E-state index contributed by atoms with van der Waals surface area (Å²) in [7, 11) is 3.69.